The van der Waals surface area contributed by atoms with Gasteiger partial charge in [0.15, 0.2) is 0 Å². The van der Waals surface area contributed by atoms with E-state index in [-0.39, 0.29) is 18.0 Å². The summed E-state index contributed by atoms with van der Waals surface area (Å²) in [5.74, 6) is -0.190. The van der Waals surface area contributed by atoms with Crippen LogP contribution >= 0.6 is 0 Å². The lowest BCUT2D eigenvalue weighted by atomic mass is 9.91. The minimum absolute atomic E-state index is 0.0234. The number of hydrogen-bond acceptors (Lipinski definition) is 2. The van der Waals surface area contributed by atoms with Crippen molar-refractivity contribution in [3.63, 3.8) is 0 Å². The van der Waals surface area contributed by atoms with Gasteiger partial charge in [-0.3, -0.25) is 0 Å². The fourth-order valence-corrected chi connectivity index (χ4v) is 2.94. The van der Waals surface area contributed by atoms with Gasteiger partial charge in [-0.05, 0) is 48.1 Å². The van der Waals surface area contributed by atoms with Crippen molar-refractivity contribution >= 4 is 0 Å². The Bertz CT molecular complexity index is 641. The number of hydrogen-bond donors (Lipinski definition) is 1. The van der Waals surface area contributed by atoms with E-state index in [0.717, 1.165) is 18.6 Å². The predicted octanol–water partition coefficient (Wildman–Crippen LogP) is 3.84. The van der Waals surface area contributed by atoms with Crippen molar-refractivity contribution in [2.45, 2.75) is 31.9 Å². The third kappa shape index (κ3) is 2.99. The third-order valence-corrected chi connectivity index (χ3v) is 4.17. The van der Waals surface area contributed by atoms with Crippen LogP contribution in [0.2, 0.25) is 0 Å². The maximum absolute atomic E-state index is 13.4. The summed E-state index contributed by atoms with van der Waals surface area (Å²) in [4.78, 5) is 0. The molecular weight excluding hydrogens is 265 g/mol. The molecule has 0 radical (unpaired) electrons. The molecule has 2 atom stereocenters. The number of benzene rings is 2. The van der Waals surface area contributed by atoms with Crippen LogP contribution in [-0.4, -0.2) is 6.61 Å². The number of ether oxygens (including phenoxy) is 1. The van der Waals surface area contributed by atoms with E-state index in [9.17, 15) is 4.39 Å². The fraction of sp³-hybridized carbons (Fsp3) is 0.333. The Hall–Kier alpha value is -1.71. The number of halogens is 1. The van der Waals surface area contributed by atoms with E-state index in [1.807, 2.05) is 12.1 Å². The first kappa shape index (κ1) is 14.2. The van der Waals surface area contributed by atoms with Crippen LogP contribution in [0.15, 0.2) is 42.5 Å². The molecule has 3 rings (SSSR count). The van der Waals surface area contributed by atoms with E-state index < -0.39 is 0 Å². The fourth-order valence-electron chi connectivity index (χ4n) is 2.94. The van der Waals surface area contributed by atoms with Gasteiger partial charge in [0.1, 0.15) is 5.82 Å². The molecule has 1 aliphatic rings. The van der Waals surface area contributed by atoms with Crippen LogP contribution in [-0.2, 0) is 11.2 Å². The summed E-state index contributed by atoms with van der Waals surface area (Å²) in [6.07, 6.45) is 1.69. The average molecular weight is 285 g/mol. The molecule has 1 aliphatic heterocycles. The van der Waals surface area contributed by atoms with Gasteiger partial charge in [-0.15, -0.1) is 0 Å². The largest absolute Gasteiger partial charge is 0.373 e. The Labute approximate surface area is 124 Å². The molecule has 0 bridgehead atoms. The van der Waals surface area contributed by atoms with Crippen molar-refractivity contribution in [1.82, 2.24) is 0 Å². The molecule has 0 fully saturated rings. The summed E-state index contributed by atoms with van der Waals surface area (Å²) in [6.45, 7) is 2.49. The van der Waals surface area contributed by atoms with E-state index >= 15 is 0 Å². The van der Waals surface area contributed by atoms with Crippen LogP contribution in [0, 0.1) is 12.7 Å². The third-order valence-electron chi connectivity index (χ3n) is 4.17. The maximum Gasteiger partial charge on any atom is 0.126 e. The molecule has 2 unspecified atom stereocenters. The van der Waals surface area contributed by atoms with Crippen LogP contribution in [0.1, 0.15) is 40.8 Å². The monoisotopic (exact) mass is 285 g/mol. The first-order valence-electron chi connectivity index (χ1n) is 7.36. The first-order valence-corrected chi connectivity index (χ1v) is 7.36. The Morgan fingerprint density at radius 2 is 2.10 bits per heavy atom. The summed E-state index contributed by atoms with van der Waals surface area (Å²) in [6, 6.07) is 13.3. The average Bonchev–Trinajstić information content (AvgIpc) is 2.50. The van der Waals surface area contributed by atoms with Crippen molar-refractivity contribution < 1.29 is 9.13 Å². The lowest BCUT2D eigenvalue weighted by Gasteiger charge is -2.28. The Morgan fingerprint density at radius 3 is 2.90 bits per heavy atom. The molecule has 0 aromatic heterocycles. The van der Waals surface area contributed by atoms with Gasteiger partial charge in [0.25, 0.3) is 0 Å². The Kier molecular flexibility index (Phi) is 4.04. The lowest BCUT2D eigenvalue weighted by molar-refractivity contribution is 0.0320. The van der Waals surface area contributed by atoms with Gasteiger partial charge in [-0.25, -0.2) is 4.39 Å². The second-order valence-corrected chi connectivity index (χ2v) is 5.66. The van der Waals surface area contributed by atoms with Crippen LogP contribution in [0.4, 0.5) is 4.39 Å². The first-order chi connectivity index (χ1) is 10.1. The van der Waals surface area contributed by atoms with Crippen molar-refractivity contribution in [1.29, 1.82) is 0 Å². The topological polar surface area (TPSA) is 35.2 Å². The highest BCUT2D eigenvalue weighted by Gasteiger charge is 2.23. The molecule has 0 spiro atoms. The molecule has 2 N–H and O–H groups in total. The molecule has 0 saturated carbocycles. The maximum atomic E-state index is 13.4. The summed E-state index contributed by atoms with van der Waals surface area (Å²) < 4.78 is 19.2. The highest BCUT2D eigenvalue weighted by atomic mass is 19.1. The molecule has 3 heteroatoms. The molecule has 2 nitrogen and oxygen atoms in total. The molecule has 21 heavy (non-hydrogen) atoms. The highest BCUT2D eigenvalue weighted by molar-refractivity contribution is 5.32. The zero-order valence-electron chi connectivity index (χ0n) is 12.2. The summed E-state index contributed by atoms with van der Waals surface area (Å²) in [5.41, 5.74) is 10.5. The van der Waals surface area contributed by atoms with Crippen LogP contribution in [0.5, 0.6) is 0 Å². The Morgan fingerprint density at radius 1 is 1.29 bits per heavy atom. The molecule has 0 aliphatic carbocycles. The van der Waals surface area contributed by atoms with Gasteiger partial charge in [0.05, 0.1) is 12.7 Å². The molecule has 2 aromatic carbocycles. The summed E-state index contributed by atoms with van der Waals surface area (Å²) >= 11 is 0. The van der Waals surface area contributed by atoms with Crippen molar-refractivity contribution in [3.8, 4) is 0 Å². The zero-order chi connectivity index (χ0) is 14.8. The second kappa shape index (κ2) is 5.96. The Balaban J connectivity index is 1.79. The van der Waals surface area contributed by atoms with Crippen LogP contribution in [0.3, 0.4) is 0 Å². The number of rotatable bonds is 3. The van der Waals surface area contributed by atoms with Crippen molar-refractivity contribution in [2.75, 3.05) is 6.61 Å². The standard InChI is InChI=1S/C18H20FNO/c1-12-10-14(6-7-16(12)19)17(20)11-18-15-5-3-2-4-13(15)8-9-21-18/h2-7,10,17-18H,8-9,11,20H2,1H3. The van der Waals surface area contributed by atoms with E-state index in [2.05, 4.69) is 18.2 Å². The number of nitrogens with two attached hydrogens (primary N) is 1. The van der Waals surface area contributed by atoms with Gasteiger partial charge >= 0.3 is 0 Å². The minimum atomic E-state index is -0.190. The molecule has 1 heterocycles. The smallest absolute Gasteiger partial charge is 0.126 e. The van der Waals surface area contributed by atoms with Gasteiger partial charge in [0.2, 0.25) is 0 Å². The highest BCUT2D eigenvalue weighted by Crippen LogP contribution is 2.33. The molecule has 0 saturated heterocycles. The second-order valence-electron chi connectivity index (χ2n) is 5.66. The molecule has 110 valence electrons. The van der Waals surface area contributed by atoms with Gasteiger partial charge in [-0.2, -0.15) is 0 Å². The van der Waals surface area contributed by atoms with E-state index in [0.29, 0.717) is 12.0 Å². The number of fused-ring (bicyclic) bond motifs is 1. The van der Waals surface area contributed by atoms with Gasteiger partial charge < -0.3 is 10.5 Å². The summed E-state index contributed by atoms with van der Waals surface area (Å²) in [7, 11) is 0. The molecular formula is C18H20FNO. The van der Waals surface area contributed by atoms with Crippen LogP contribution < -0.4 is 5.73 Å². The van der Waals surface area contributed by atoms with Gasteiger partial charge in [0, 0.05) is 6.04 Å². The van der Waals surface area contributed by atoms with Crippen LogP contribution in [0.25, 0.3) is 0 Å². The minimum Gasteiger partial charge on any atom is -0.373 e. The van der Waals surface area contributed by atoms with E-state index in [1.54, 1.807) is 13.0 Å². The van der Waals surface area contributed by atoms with Crippen molar-refractivity contribution in [3.05, 3.63) is 70.5 Å². The van der Waals surface area contributed by atoms with E-state index in [4.69, 9.17) is 10.5 Å². The van der Waals surface area contributed by atoms with Crippen molar-refractivity contribution in [2.24, 2.45) is 5.73 Å². The normalized spacial score (nSPS) is 19.1. The SMILES string of the molecule is Cc1cc(C(N)CC2OCCc3ccccc32)ccc1F. The zero-order valence-corrected chi connectivity index (χ0v) is 12.2. The van der Waals surface area contributed by atoms with Gasteiger partial charge in [-0.1, -0.05) is 36.4 Å². The summed E-state index contributed by atoms with van der Waals surface area (Å²) in [5, 5.41) is 0. The van der Waals surface area contributed by atoms with E-state index in [1.165, 1.54) is 17.2 Å². The molecule has 0 amide bonds. The quantitative estimate of drug-likeness (QED) is 0.930. The molecule has 2 aromatic rings. The number of aryl methyl sites for hydroxylation is 1. The lowest BCUT2D eigenvalue weighted by Crippen LogP contribution is -2.21. The predicted molar refractivity (Wildman–Crippen MR) is 81.5 cm³/mol.